The molecule has 20 heteroatoms. The molecule has 1 aliphatic heterocycles. The molecule has 16 nitrogen and oxygen atoms in total. The van der Waals surface area contributed by atoms with Crippen LogP contribution in [-0.4, -0.2) is 84.2 Å². The third kappa shape index (κ3) is 9.84. The number of hydroxylamine groups is 1. The fourth-order valence-electron chi connectivity index (χ4n) is 5.14. The monoisotopic (exact) mass is 750 g/mol. The van der Waals surface area contributed by atoms with Gasteiger partial charge < -0.3 is 36.5 Å². The molecule has 52 heavy (non-hydrogen) atoms. The molecule has 1 saturated heterocycles. The topological polar surface area (TPSA) is 241 Å². The lowest BCUT2D eigenvalue weighted by Crippen LogP contribution is -2.56. The lowest BCUT2D eigenvalue weighted by atomic mass is 9.94. The summed E-state index contributed by atoms with van der Waals surface area (Å²) in [5.74, 6) is -3.28. The van der Waals surface area contributed by atoms with E-state index >= 15 is 0 Å². The number of carbonyl (C=O) groups excluding carboxylic acids is 4. The van der Waals surface area contributed by atoms with Crippen molar-refractivity contribution >= 4 is 46.1 Å². The molecule has 0 bridgehead atoms. The maximum atomic E-state index is 13.8. The number of nitrogens with two attached hydrogens (primary N) is 2. The van der Waals surface area contributed by atoms with Crippen molar-refractivity contribution in [1.82, 2.24) is 31.0 Å². The van der Waals surface area contributed by atoms with Gasteiger partial charge in [-0.2, -0.15) is 0 Å². The van der Waals surface area contributed by atoms with E-state index in [4.69, 9.17) is 16.2 Å². The van der Waals surface area contributed by atoms with Crippen LogP contribution < -0.4 is 37.1 Å². The molecule has 0 saturated carbocycles. The highest BCUT2D eigenvalue weighted by atomic mass is 32.2. The van der Waals surface area contributed by atoms with Gasteiger partial charge in [0.25, 0.3) is 17.7 Å². The Bertz CT molecular complexity index is 1830. The first kappa shape index (κ1) is 39.3. The van der Waals surface area contributed by atoms with E-state index in [9.17, 15) is 41.8 Å². The number of anilines is 2. The van der Waals surface area contributed by atoms with Crippen molar-refractivity contribution in [3.05, 3.63) is 59.9 Å². The largest absolute Gasteiger partial charge is 0.573 e. The molecule has 0 aliphatic carbocycles. The molecule has 1 aliphatic rings. The van der Waals surface area contributed by atoms with Crippen LogP contribution in [0, 0.1) is 0 Å². The number of amides is 4. The van der Waals surface area contributed by atoms with Crippen LogP contribution in [0.2, 0.25) is 0 Å². The van der Waals surface area contributed by atoms with Crippen LogP contribution in [0.1, 0.15) is 61.0 Å². The molecule has 2 aromatic carbocycles. The van der Waals surface area contributed by atoms with Gasteiger partial charge in [0, 0.05) is 36.5 Å². The second-order valence-corrected chi connectivity index (χ2v) is 14.4. The van der Waals surface area contributed by atoms with E-state index in [1.807, 2.05) is 0 Å². The van der Waals surface area contributed by atoms with E-state index in [0.717, 1.165) is 12.1 Å². The first-order valence-electron chi connectivity index (χ1n) is 15.6. The second-order valence-electron chi connectivity index (χ2n) is 12.6. The van der Waals surface area contributed by atoms with Crippen molar-refractivity contribution in [3.8, 4) is 17.2 Å². The fourth-order valence-corrected chi connectivity index (χ4v) is 6.74. The van der Waals surface area contributed by atoms with Crippen LogP contribution in [0.5, 0.6) is 17.2 Å². The zero-order valence-electron chi connectivity index (χ0n) is 28.2. The lowest BCUT2D eigenvalue weighted by Gasteiger charge is -2.39. The number of rotatable bonds is 11. The number of nitrogen functional groups attached to an aromatic ring is 2. The lowest BCUT2D eigenvalue weighted by molar-refractivity contribution is -0.274. The summed E-state index contributed by atoms with van der Waals surface area (Å²) in [5, 5.41) is 14.7. The van der Waals surface area contributed by atoms with Crippen molar-refractivity contribution in [3.63, 3.8) is 0 Å². The van der Waals surface area contributed by atoms with Crippen LogP contribution in [-0.2, 0) is 20.4 Å². The highest BCUT2D eigenvalue weighted by Gasteiger charge is 2.48. The van der Waals surface area contributed by atoms with Gasteiger partial charge in [-0.25, -0.2) is 15.4 Å². The van der Waals surface area contributed by atoms with E-state index in [-0.39, 0.29) is 84.2 Å². The molecule has 1 fully saturated rings. The SMILES string of the molecule is CC(C)(C)NC(=O)c1nc(N)c(C(=O)NCCC(=O)N2CCC(C(=O)NO)(S(=O)c3ccc(Oc4ccc(OC(F)(F)F)cc4)cc3)CC2)nc1N. The van der Waals surface area contributed by atoms with Gasteiger partial charge in [0.2, 0.25) is 5.91 Å². The van der Waals surface area contributed by atoms with Gasteiger partial charge in [-0.3, -0.25) is 28.6 Å². The summed E-state index contributed by atoms with van der Waals surface area (Å²) in [7, 11) is -2.01. The molecule has 8 N–H and O–H groups in total. The summed E-state index contributed by atoms with van der Waals surface area (Å²) < 4.78 is 58.9. The van der Waals surface area contributed by atoms with Crippen molar-refractivity contribution in [1.29, 1.82) is 0 Å². The Morgan fingerprint density at radius 1 is 0.885 bits per heavy atom. The number of nitrogens with zero attached hydrogens (tertiary/aromatic N) is 3. The van der Waals surface area contributed by atoms with Gasteiger partial charge in [-0.15, -0.1) is 13.2 Å². The minimum absolute atomic E-state index is 0.00817. The minimum atomic E-state index is -4.84. The van der Waals surface area contributed by atoms with Crippen LogP contribution in [0.3, 0.4) is 0 Å². The van der Waals surface area contributed by atoms with Gasteiger partial charge >= 0.3 is 6.36 Å². The van der Waals surface area contributed by atoms with Crippen molar-refractivity contribution < 1.29 is 51.2 Å². The number of hydrogen-bond acceptors (Lipinski definition) is 12. The van der Waals surface area contributed by atoms with Crippen molar-refractivity contribution in [2.24, 2.45) is 0 Å². The van der Waals surface area contributed by atoms with Gasteiger partial charge in [0.15, 0.2) is 23.0 Å². The zero-order chi connectivity index (χ0) is 38.4. The Kier molecular flexibility index (Phi) is 11.9. The number of carbonyl (C=O) groups is 4. The molecule has 3 aromatic rings. The van der Waals surface area contributed by atoms with Crippen LogP contribution in [0.15, 0.2) is 53.4 Å². The number of ether oxygens (including phenoxy) is 2. The Morgan fingerprint density at radius 3 is 1.88 bits per heavy atom. The molecule has 1 aromatic heterocycles. The Balaban J connectivity index is 1.32. The van der Waals surface area contributed by atoms with E-state index in [1.54, 1.807) is 26.3 Å². The third-order valence-corrected chi connectivity index (χ3v) is 9.62. The molecule has 1 atom stereocenters. The fraction of sp³-hybridized carbons (Fsp3) is 0.375. The van der Waals surface area contributed by atoms with E-state index in [2.05, 4.69) is 25.3 Å². The summed E-state index contributed by atoms with van der Waals surface area (Å²) in [4.78, 5) is 60.6. The number of hydrogen-bond donors (Lipinski definition) is 6. The second kappa shape index (κ2) is 15.8. The summed E-state index contributed by atoms with van der Waals surface area (Å²) >= 11 is 0. The van der Waals surface area contributed by atoms with Gasteiger partial charge in [0.1, 0.15) is 22.0 Å². The van der Waals surface area contributed by atoms with E-state index < -0.39 is 50.9 Å². The smallest absolute Gasteiger partial charge is 0.457 e. The van der Waals surface area contributed by atoms with Gasteiger partial charge in [-0.05, 0) is 82.1 Å². The molecule has 0 radical (unpaired) electrons. The first-order valence-corrected chi connectivity index (χ1v) is 16.8. The van der Waals surface area contributed by atoms with Gasteiger partial charge in [-0.1, -0.05) is 0 Å². The quantitative estimate of drug-likeness (QED) is 0.122. The number of alkyl halides is 3. The Labute approximate surface area is 297 Å². The van der Waals surface area contributed by atoms with E-state index in [1.165, 1.54) is 41.3 Å². The highest BCUT2D eigenvalue weighted by molar-refractivity contribution is 7.87. The molecule has 0 spiro atoms. The van der Waals surface area contributed by atoms with Gasteiger partial charge in [0.05, 0.1) is 10.8 Å². The molecular formula is C32H37F3N8O8S. The molecule has 4 rings (SSSR count). The minimum Gasteiger partial charge on any atom is -0.457 e. The highest BCUT2D eigenvalue weighted by Crippen LogP contribution is 2.35. The molecule has 280 valence electrons. The summed E-state index contributed by atoms with van der Waals surface area (Å²) in [6, 6.07) is 10.5. The third-order valence-electron chi connectivity index (χ3n) is 7.62. The van der Waals surface area contributed by atoms with Crippen LogP contribution in [0.25, 0.3) is 0 Å². The van der Waals surface area contributed by atoms with E-state index in [0.29, 0.717) is 0 Å². The summed E-state index contributed by atoms with van der Waals surface area (Å²) in [6.07, 6.45) is -5.14. The first-order chi connectivity index (χ1) is 24.3. The van der Waals surface area contributed by atoms with Crippen molar-refractivity contribution in [2.45, 2.75) is 61.6 Å². The number of likely N-dealkylation sites (tertiary alicyclic amines) is 1. The van der Waals surface area contributed by atoms with Crippen LogP contribution >= 0.6 is 0 Å². The Morgan fingerprint density at radius 2 is 1.38 bits per heavy atom. The summed E-state index contributed by atoms with van der Waals surface area (Å²) in [5.41, 5.74) is 12.1. The Hall–Kier alpha value is -5.50. The predicted octanol–water partition coefficient (Wildman–Crippen LogP) is 2.65. The maximum Gasteiger partial charge on any atom is 0.573 e. The average molecular weight is 751 g/mol. The molecule has 1 unspecified atom stereocenters. The predicted molar refractivity (Wildman–Crippen MR) is 180 cm³/mol. The summed E-state index contributed by atoms with van der Waals surface area (Å²) in [6.45, 7) is 5.15. The number of nitrogens with one attached hydrogen (secondary N) is 3. The maximum absolute atomic E-state index is 13.8. The number of halogens is 3. The molecule has 2 heterocycles. The van der Waals surface area contributed by atoms with Crippen molar-refractivity contribution in [2.75, 3.05) is 31.1 Å². The number of piperidine rings is 1. The molecular weight excluding hydrogens is 713 g/mol. The standard InChI is InChI=1S/C32H37F3N8O8S/c1-30(2,3)41-28(46)24-26(37)39-23(25(36)40-24)27(45)38-15-12-22(44)43-16-13-31(14-17-43,29(47)42-48)52(49)21-10-8-19(9-11-21)50-18-4-6-20(7-5-18)51-32(33,34)35/h4-11,48H,12-17H2,1-3H3,(H2,36,40)(H2,37,39)(H,38,45)(H,41,46)(H,42,47). The molecule has 4 amide bonds. The number of aromatic nitrogens is 2. The zero-order valence-corrected chi connectivity index (χ0v) is 29.0. The number of benzene rings is 2. The van der Waals surface area contributed by atoms with Crippen LogP contribution in [0.4, 0.5) is 24.8 Å². The average Bonchev–Trinajstić information content (AvgIpc) is 3.08. The normalized spacial score (nSPS) is 14.9.